The fourth-order valence-corrected chi connectivity index (χ4v) is 1.50. The molecule has 16 heavy (non-hydrogen) atoms. The van der Waals surface area contributed by atoms with Crippen LogP contribution in [0, 0.1) is 0 Å². The zero-order valence-electron chi connectivity index (χ0n) is 8.88. The third-order valence-corrected chi connectivity index (χ3v) is 2.29. The maximum Gasteiger partial charge on any atom is 0.154 e. The number of hydrogen-bond acceptors (Lipinski definition) is 4. The maximum atomic E-state index is 6.03. The summed E-state index contributed by atoms with van der Waals surface area (Å²) < 4.78 is 0. The average Bonchev–Trinajstić information content (AvgIpc) is 2.28. The zero-order valence-corrected chi connectivity index (χ0v) is 8.88. The van der Waals surface area contributed by atoms with E-state index in [1.54, 1.807) is 6.08 Å². The second-order valence-corrected chi connectivity index (χ2v) is 3.80. The SMILES string of the molecule is NC1=CC=CC(N)(N=Nc2ccccc2)C1. The normalized spacial score (nSPS) is 24.7. The molecule has 4 nitrogen and oxygen atoms in total. The molecule has 0 bridgehead atoms. The molecule has 2 rings (SSSR count). The summed E-state index contributed by atoms with van der Waals surface area (Å²) in [6, 6.07) is 9.49. The van der Waals surface area contributed by atoms with Crippen LogP contribution in [-0.2, 0) is 0 Å². The molecule has 1 aliphatic rings. The first-order valence-electron chi connectivity index (χ1n) is 5.09. The molecule has 1 aromatic rings. The highest BCUT2D eigenvalue weighted by Gasteiger charge is 2.23. The van der Waals surface area contributed by atoms with Gasteiger partial charge in [0.1, 0.15) is 0 Å². The fraction of sp³-hybridized carbons (Fsp3) is 0.167. The molecular weight excluding hydrogens is 200 g/mol. The monoisotopic (exact) mass is 214 g/mol. The predicted octanol–water partition coefficient (Wildman–Crippen LogP) is 2.23. The minimum atomic E-state index is -0.811. The lowest BCUT2D eigenvalue weighted by atomic mass is 10.0. The van der Waals surface area contributed by atoms with Gasteiger partial charge in [-0.2, -0.15) is 10.2 Å². The van der Waals surface area contributed by atoms with Crippen molar-refractivity contribution in [2.75, 3.05) is 0 Å². The van der Waals surface area contributed by atoms with Gasteiger partial charge in [0, 0.05) is 12.1 Å². The van der Waals surface area contributed by atoms with Crippen LogP contribution in [0.5, 0.6) is 0 Å². The Morgan fingerprint density at radius 1 is 1.19 bits per heavy atom. The zero-order chi connectivity index (χ0) is 11.4. The standard InChI is InChI=1S/C12H14N4/c13-10-5-4-8-12(14,9-10)16-15-11-6-2-1-3-7-11/h1-8H,9,13-14H2. The van der Waals surface area contributed by atoms with Crippen molar-refractivity contribution in [1.82, 2.24) is 0 Å². The highest BCUT2D eigenvalue weighted by molar-refractivity contribution is 5.35. The van der Waals surface area contributed by atoms with Gasteiger partial charge in [-0.1, -0.05) is 24.3 Å². The topological polar surface area (TPSA) is 76.8 Å². The summed E-state index contributed by atoms with van der Waals surface area (Å²) in [6.45, 7) is 0. The lowest BCUT2D eigenvalue weighted by Gasteiger charge is -2.22. The minimum Gasteiger partial charge on any atom is -0.402 e. The lowest BCUT2D eigenvalue weighted by molar-refractivity contribution is 0.516. The second-order valence-electron chi connectivity index (χ2n) is 3.80. The Hall–Kier alpha value is -1.94. The van der Waals surface area contributed by atoms with E-state index in [1.807, 2.05) is 42.5 Å². The maximum absolute atomic E-state index is 6.03. The highest BCUT2D eigenvalue weighted by atomic mass is 15.2. The van der Waals surface area contributed by atoms with Crippen LogP contribution in [0.4, 0.5) is 5.69 Å². The van der Waals surface area contributed by atoms with Crippen LogP contribution in [-0.4, -0.2) is 5.66 Å². The molecule has 0 saturated heterocycles. The minimum absolute atomic E-state index is 0.500. The van der Waals surface area contributed by atoms with E-state index in [9.17, 15) is 0 Å². The van der Waals surface area contributed by atoms with E-state index in [0.29, 0.717) is 6.42 Å². The summed E-state index contributed by atoms with van der Waals surface area (Å²) in [4.78, 5) is 0. The molecule has 0 heterocycles. The summed E-state index contributed by atoms with van der Waals surface area (Å²) in [7, 11) is 0. The van der Waals surface area contributed by atoms with Crippen molar-refractivity contribution in [3.8, 4) is 0 Å². The molecule has 0 aliphatic heterocycles. The molecular formula is C12H14N4. The quantitative estimate of drug-likeness (QED) is 0.740. The Labute approximate surface area is 94.4 Å². The molecule has 0 radical (unpaired) electrons. The van der Waals surface area contributed by atoms with E-state index in [0.717, 1.165) is 11.4 Å². The van der Waals surface area contributed by atoms with Crippen molar-refractivity contribution in [3.05, 3.63) is 54.3 Å². The Balaban J connectivity index is 2.13. The molecule has 0 spiro atoms. The molecule has 4 N–H and O–H groups in total. The molecule has 0 aromatic heterocycles. The summed E-state index contributed by atoms with van der Waals surface area (Å²) in [5, 5.41) is 8.23. The molecule has 82 valence electrons. The Bertz CT molecular complexity index is 447. The first-order chi connectivity index (χ1) is 7.68. The average molecular weight is 214 g/mol. The predicted molar refractivity (Wildman–Crippen MR) is 63.9 cm³/mol. The number of nitrogens with two attached hydrogens (primary N) is 2. The third kappa shape index (κ3) is 2.55. The molecule has 1 unspecified atom stereocenters. The van der Waals surface area contributed by atoms with Gasteiger partial charge in [-0.25, -0.2) is 0 Å². The van der Waals surface area contributed by atoms with Gasteiger partial charge in [-0.3, -0.25) is 0 Å². The van der Waals surface area contributed by atoms with Crippen LogP contribution in [0.1, 0.15) is 6.42 Å². The number of azo groups is 1. The van der Waals surface area contributed by atoms with Gasteiger partial charge in [0.05, 0.1) is 5.69 Å². The third-order valence-electron chi connectivity index (χ3n) is 2.29. The van der Waals surface area contributed by atoms with Crippen molar-refractivity contribution in [2.45, 2.75) is 12.1 Å². The largest absolute Gasteiger partial charge is 0.402 e. The van der Waals surface area contributed by atoms with E-state index in [4.69, 9.17) is 11.5 Å². The van der Waals surface area contributed by atoms with Crippen LogP contribution >= 0.6 is 0 Å². The van der Waals surface area contributed by atoms with E-state index >= 15 is 0 Å². The Kier molecular flexibility index (Phi) is 2.83. The van der Waals surface area contributed by atoms with Crippen LogP contribution < -0.4 is 11.5 Å². The van der Waals surface area contributed by atoms with Gasteiger partial charge in [-0.05, 0) is 24.3 Å². The van der Waals surface area contributed by atoms with Crippen LogP contribution in [0.15, 0.2) is 64.5 Å². The molecule has 1 atom stereocenters. The first kappa shape index (κ1) is 10.6. The van der Waals surface area contributed by atoms with E-state index < -0.39 is 5.66 Å². The summed E-state index contributed by atoms with van der Waals surface area (Å²) in [5.41, 5.74) is 12.4. The van der Waals surface area contributed by atoms with Crippen molar-refractivity contribution in [2.24, 2.45) is 21.7 Å². The molecule has 0 saturated carbocycles. The van der Waals surface area contributed by atoms with Crippen LogP contribution in [0.25, 0.3) is 0 Å². The van der Waals surface area contributed by atoms with Gasteiger partial charge in [-0.15, -0.1) is 0 Å². The molecule has 0 amide bonds. The Morgan fingerprint density at radius 3 is 2.62 bits per heavy atom. The van der Waals surface area contributed by atoms with E-state index in [-0.39, 0.29) is 0 Å². The van der Waals surface area contributed by atoms with Crippen molar-refractivity contribution in [3.63, 3.8) is 0 Å². The second kappa shape index (κ2) is 4.28. The fourth-order valence-electron chi connectivity index (χ4n) is 1.50. The number of rotatable bonds is 2. The van der Waals surface area contributed by atoms with Crippen molar-refractivity contribution < 1.29 is 0 Å². The number of benzene rings is 1. The van der Waals surface area contributed by atoms with Crippen LogP contribution in [0.3, 0.4) is 0 Å². The molecule has 1 aliphatic carbocycles. The van der Waals surface area contributed by atoms with Gasteiger partial charge >= 0.3 is 0 Å². The number of nitrogens with zero attached hydrogens (tertiary/aromatic N) is 2. The molecule has 4 heteroatoms. The van der Waals surface area contributed by atoms with Gasteiger partial charge in [0.15, 0.2) is 5.66 Å². The first-order valence-corrected chi connectivity index (χ1v) is 5.09. The summed E-state index contributed by atoms with van der Waals surface area (Å²) in [5.74, 6) is 0. The van der Waals surface area contributed by atoms with Gasteiger partial charge in [0.2, 0.25) is 0 Å². The Morgan fingerprint density at radius 2 is 1.94 bits per heavy atom. The van der Waals surface area contributed by atoms with Gasteiger partial charge in [0.25, 0.3) is 0 Å². The van der Waals surface area contributed by atoms with Crippen molar-refractivity contribution in [1.29, 1.82) is 0 Å². The van der Waals surface area contributed by atoms with E-state index in [1.165, 1.54) is 0 Å². The lowest BCUT2D eigenvalue weighted by Crippen LogP contribution is -2.37. The molecule has 0 fully saturated rings. The summed E-state index contributed by atoms with van der Waals surface area (Å²) >= 11 is 0. The van der Waals surface area contributed by atoms with Gasteiger partial charge < -0.3 is 11.5 Å². The number of allylic oxidation sites excluding steroid dienone is 2. The van der Waals surface area contributed by atoms with E-state index in [2.05, 4.69) is 10.2 Å². The smallest absolute Gasteiger partial charge is 0.154 e. The number of hydrogen-bond donors (Lipinski definition) is 2. The highest BCUT2D eigenvalue weighted by Crippen LogP contribution is 2.22. The van der Waals surface area contributed by atoms with Crippen molar-refractivity contribution >= 4 is 5.69 Å². The van der Waals surface area contributed by atoms with Crippen LogP contribution in [0.2, 0.25) is 0 Å². The summed E-state index contributed by atoms with van der Waals surface area (Å²) in [6.07, 6.45) is 5.93. The molecule has 1 aromatic carbocycles.